The monoisotopic (exact) mass is 272 g/mol. The predicted octanol–water partition coefficient (Wildman–Crippen LogP) is 1.27. The van der Waals surface area contributed by atoms with E-state index in [2.05, 4.69) is 5.32 Å². The van der Waals surface area contributed by atoms with Gasteiger partial charge >= 0.3 is 0 Å². The highest BCUT2D eigenvalue weighted by Crippen LogP contribution is 2.29. The van der Waals surface area contributed by atoms with E-state index in [1.807, 2.05) is 7.05 Å². The van der Waals surface area contributed by atoms with E-state index in [-0.39, 0.29) is 6.04 Å². The van der Waals surface area contributed by atoms with Crippen LogP contribution in [0.25, 0.3) is 0 Å². The Morgan fingerprint density at radius 2 is 2.22 bits per heavy atom. The van der Waals surface area contributed by atoms with E-state index in [4.69, 9.17) is 4.42 Å². The second-order valence-electron chi connectivity index (χ2n) is 4.75. The van der Waals surface area contributed by atoms with E-state index in [1.165, 1.54) is 0 Å². The van der Waals surface area contributed by atoms with Crippen LogP contribution in [0.3, 0.4) is 0 Å². The molecule has 0 bridgehead atoms. The molecule has 0 aliphatic carbocycles. The molecule has 2 rings (SSSR count). The number of nitrogens with zero attached hydrogens (tertiary/aromatic N) is 1. The fourth-order valence-corrected chi connectivity index (χ4v) is 4.47. The molecule has 5 nitrogen and oxygen atoms in total. The third-order valence-corrected chi connectivity index (χ3v) is 5.40. The van der Waals surface area contributed by atoms with Crippen molar-refractivity contribution in [1.29, 1.82) is 0 Å². The molecule has 2 heterocycles. The molecule has 1 aromatic heterocycles. The van der Waals surface area contributed by atoms with Gasteiger partial charge in [0.1, 0.15) is 16.4 Å². The van der Waals surface area contributed by atoms with Gasteiger partial charge in [-0.1, -0.05) is 0 Å². The second kappa shape index (κ2) is 5.03. The van der Waals surface area contributed by atoms with Gasteiger partial charge in [0.05, 0.1) is 0 Å². The van der Waals surface area contributed by atoms with Gasteiger partial charge in [0.25, 0.3) is 0 Å². The first kappa shape index (κ1) is 13.6. The first-order valence-corrected chi connectivity index (χ1v) is 7.64. The maximum atomic E-state index is 12.6. The number of furan rings is 1. The zero-order valence-corrected chi connectivity index (χ0v) is 11.9. The molecule has 1 aromatic rings. The second-order valence-corrected chi connectivity index (χ2v) is 6.61. The average Bonchev–Trinajstić information content (AvgIpc) is 2.86. The van der Waals surface area contributed by atoms with Crippen LogP contribution in [0.1, 0.15) is 24.4 Å². The van der Waals surface area contributed by atoms with Gasteiger partial charge in [-0.2, -0.15) is 4.31 Å². The summed E-state index contributed by atoms with van der Waals surface area (Å²) in [6, 6.07) is 1.66. The van der Waals surface area contributed by atoms with Crippen LogP contribution >= 0.6 is 0 Å². The van der Waals surface area contributed by atoms with Crippen molar-refractivity contribution >= 4 is 10.0 Å². The topological polar surface area (TPSA) is 62.6 Å². The normalized spacial score (nSPS) is 21.6. The summed E-state index contributed by atoms with van der Waals surface area (Å²) in [5, 5.41) is 3.05. The first-order chi connectivity index (χ1) is 8.46. The van der Waals surface area contributed by atoms with E-state index in [9.17, 15) is 8.42 Å². The fourth-order valence-electron chi connectivity index (χ4n) is 2.56. The van der Waals surface area contributed by atoms with Crippen LogP contribution in [-0.2, 0) is 10.0 Å². The summed E-state index contributed by atoms with van der Waals surface area (Å²) < 4.78 is 32.1. The number of hydrogen-bond acceptors (Lipinski definition) is 4. The molecule has 1 saturated heterocycles. The summed E-state index contributed by atoms with van der Waals surface area (Å²) in [6.07, 6.45) is 1.83. The Bertz CT molecular complexity index is 521. The minimum Gasteiger partial charge on any atom is -0.465 e. The Morgan fingerprint density at radius 3 is 2.78 bits per heavy atom. The van der Waals surface area contributed by atoms with Gasteiger partial charge < -0.3 is 9.73 Å². The Balaban J connectivity index is 2.33. The summed E-state index contributed by atoms with van der Waals surface area (Å²) in [6.45, 7) is 4.75. The number of aryl methyl sites for hydroxylation is 2. The third kappa shape index (κ3) is 2.32. The highest BCUT2D eigenvalue weighted by Gasteiger charge is 2.36. The van der Waals surface area contributed by atoms with Crippen molar-refractivity contribution < 1.29 is 12.8 Å². The molecular formula is C12H20N2O3S. The van der Waals surface area contributed by atoms with Crippen molar-refractivity contribution in [3.8, 4) is 0 Å². The van der Waals surface area contributed by atoms with Crippen LogP contribution in [0.5, 0.6) is 0 Å². The van der Waals surface area contributed by atoms with Crippen LogP contribution in [0.2, 0.25) is 0 Å². The molecule has 6 heteroatoms. The Morgan fingerprint density at radius 1 is 1.50 bits per heavy atom. The van der Waals surface area contributed by atoms with Crippen LogP contribution in [0, 0.1) is 13.8 Å². The number of likely N-dealkylation sites (N-methyl/N-ethyl adjacent to an activating group) is 1. The molecule has 0 spiro atoms. The van der Waals surface area contributed by atoms with Crippen molar-refractivity contribution in [3.05, 3.63) is 17.6 Å². The minimum atomic E-state index is -3.42. The predicted molar refractivity (Wildman–Crippen MR) is 69.0 cm³/mol. The lowest BCUT2D eigenvalue weighted by molar-refractivity contribution is 0.378. The van der Waals surface area contributed by atoms with Crippen molar-refractivity contribution in [2.75, 3.05) is 20.1 Å². The van der Waals surface area contributed by atoms with Gasteiger partial charge in [-0.15, -0.1) is 0 Å². The maximum Gasteiger partial charge on any atom is 0.246 e. The number of sulfonamides is 1. The van der Waals surface area contributed by atoms with Gasteiger partial charge in [0, 0.05) is 19.1 Å². The molecule has 0 amide bonds. The highest BCUT2D eigenvalue weighted by atomic mass is 32.2. The van der Waals surface area contributed by atoms with Gasteiger partial charge in [-0.05, 0) is 39.8 Å². The van der Waals surface area contributed by atoms with E-state index < -0.39 is 10.0 Å². The summed E-state index contributed by atoms with van der Waals surface area (Å²) >= 11 is 0. The Labute approximate surface area is 108 Å². The molecule has 0 aromatic carbocycles. The molecule has 0 saturated carbocycles. The molecular weight excluding hydrogens is 252 g/mol. The number of hydrogen-bond donors (Lipinski definition) is 1. The SMILES string of the molecule is CNCC1CCCN1S(=O)(=O)c1cc(C)oc1C. The van der Waals surface area contributed by atoms with Crippen molar-refractivity contribution in [1.82, 2.24) is 9.62 Å². The molecule has 1 unspecified atom stereocenters. The van der Waals surface area contributed by atoms with Gasteiger partial charge in [0.15, 0.2) is 0 Å². The molecule has 1 atom stereocenters. The Hall–Kier alpha value is -0.850. The van der Waals surface area contributed by atoms with Crippen LogP contribution in [0.4, 0.5) is 0 Å². The summed E-state index contributed by atoms with van der Waals surface area (Å²) in [4.78, 5) is 0.308. The average molecular weight is 272 g/mol. The molecule has 1 aliphatic heterocycles. The van der Waals surface area contributed by atoms with E-state index in [0.717, 1.165) is 12.8 Å². The first-order valence-electron chi connectivity index (χ1n) is 6.20. The molecule has 102 valence electrons. The van der Waals surface area contributed by atoms with Gasteiger partial charge in [-0.25, -0.2) is 8.42 Å². The van der Waals surface area contributed by atoms with Crippen molar-refractivity contribution in [2.45, 2.75) is 37.6 Å². The largest absolute Gasteiger partial charge is 0.465 e. The molecule has 1 N–H and O–H groups in total. The minimum absolute atomic E-state index is 0.0506. The highest BCUT2D eigenvalue weighted by molar-refractivity contribution is 7.89. The lowest BCUT2D eigenvalue weighted by Gasteiger charge is -2.23. The van der Waals surface area contributed by atoms with E-state index >= 15 is 0 Å². The van der Waals surface area contributed by atoms with Gasteiger partial charge in [-0.3, -0.25) is 0 Å². The smallest absolute Gasteiger partial charge is 0.246 e. The Kier molecular flexibility index (Phi) is 3.79. The van der Waals surface area contributed by atoms with Crippen molar-refractivity contribution in [2.24, 2.45) is 0 Å². The molecule has 1 aliphatic rings. The number of nitrogens with one attached hydrogen (secondary N) is 1. The van der Waals surface area contributed by atoms with Crippen LogP contribution < -0.4 is 5.32 Å². The summed E-state index contributed by atoms with van der Waals surface area (Å²) in [5.41, 5.74) is 0. The zero-order valence-electron chi connectivity index (χ0n) is 11.1. The van der Waals surface area contributed by atoms with E-state index in [1.54, 1.807) is 24.2 Å². The zero-order chi connectivity index (χ0) is 13.3. The van der Waals surface area contributed by atoms with Crippen molar-refractivity contribution in [3.63, 3.8) is 0 Å². The molecule has 18 heavy (non-hydrogen) atoms. The molecule has 1 fully saturated rings. The quantitative estimate of drug-likeness (QED) is 0.896. The van der Waals surface area contributed by atoms with Gasteiger partial charge in [0.2, 0.25) is 10.0 Å². The fraction of sp³-hybridized carbons (Fsp3) is 0.667. The summed E-state index contributed by atoms with van der Waals surface area (Å²) in [5.74, 6) is 1.11. The van der Waals surface area contributed by atoms with E-state index in [0.29, 0.717) is 29.5 Å². The number of rotatable bonds is 4. The third-order valence-electron chi connectivity index (χ3n) is 3.34. The van der Waals surface area contributed by atoms with Crippen LogP contribution in [0.15, 0.2) is 15.4 Å². The lowest BCUT2D eigenvalue weighted by Crippen LogP contribution is -2.40. The summed E-state index contributed by atoms with van der Waals surface area (Å²) in [7, 11) is -1.58. The lowest BCUT2D eigenvalue weighted by atomic mass is 10.2. The molecule has 0 radical (unpaired) electrons. The van der Waals surface area contributed by atoms with Crippen LogP contribution in [-0.4, -0.2) is 38.9 Å². The standard InChI is InChI=1S/C12H20N2O3S/c1-9-7-12(10(2)17-9)18(15,16)14-6-4-5-11(14)8-13-3/h7,11,13H,4-6,8H2,1-3H3. The maximum absolute atomic E-state index is 12.6.